The van der Waals surface area contributed by atoms with Crippen LogP contribution in [0, 0.1) is 23.0 Å². The van der Waals surface area contributed by atoms with Crippen LogP contribution in [0.4, 0.5) is 8.78 Å². The average molecular weight is 657 g/mol. The fourth-order valence-corrected chi connectivity index (χ4v) is 8.81. The van der Waals surface area contributed by atoms with Crippen LogP contribution >= 0.6 is 22.9 Å². The van der Waals surface area contributed by atoms with E-state index in [1.165, 1.54) is 28.8 Å². The van der Waals surface area contributed by atoms with Crippen molar-refractivity contribution in [3.8, 4) is 0 Å². The van der Waals surface area contributed by atoms with Crippen LogP contribution in [0.25, 0.3) is 0 Å². The molecule has 1 aromatic heterocycles. The number of hydrogen-bond acceptors (Lipinski definition) is 9. The Morgan fingerprint density at radius 2 is 1.86 bits per heavy atom. The summed E-state index contributed by atoms with van der Waals surface area (Å²) in [6, 6.07) is 1.05. The van der Waals surface area contributed by atoms with Gasteiger partial charge in [0.05, 0.1) is 28.4 Å². The molecule has 3 heterocycles. The zero-order valence-electron chi connectivity index (χ0n) is 23.5. The molecule has 2 aliphatic heterocycles. The number of nitrogens with zero attached hydrogens (tertiary/aromatic N) is 3. The van der Waals surface area contributed by atoms with Gasteiger partial charge in [-0.05, 0) is 51.5 Å². The Morgan fingerprint density at radius 1 is 1.19 bits per heavy atom. The number of piperidine rings is 1. The number of hydrogen-bond donors (Lipinski definition) is 2. The van der Waals surface area contributed by atoms with Gasteiger partial charge >= 0.3 is 11.9 Å². The van der Waals surface area contributed by atoms with Gasteiger partial charge in [-0.1, -0.05) is 17.7 Å². The van der Waals surface area contributed by atoms with Crippen molar-refractivity contribution in [1.82, 2.24) is 14.6 Å². The Labute approximate surface area is 256 Å². The number of carbonyl (C=O) groups excluding carboxylic acids is 1. The summed E-state index contributed by atoms with van der Waals surface area (Å²) in [4.78, 5) is 33.8. The number of halogens is 3. The third-order valence-corrected chi connectivity index (χ3v) is 12.2. The normalized spacial score (nSPS) is 25.7. The fraction of sp³-hybridized carbons (Fsp3) is 0.500. The molecule has 0 spiro atoms. The molecule has 2 N–H and O–H groups in total. The van der Waals surface area contributed by atoms with Gasteiger partial charge in [-0.3, -0.25) is 9.79 Å². The summed E-state index contributed by atoms with van der Waals surface area (Å²) in [5, 5.41) is 13.8. The van der Waals surface area contributed by atoms with Crippen LogP contribution in [-0.4, -0.2) is 66.0 Å². The Morgan fingerprint density at radius 3 is 2.44 bits per heavy atom. The van der Waals surface area contributed by atoms with E-state index in [0.717, 1.165) is 6.07 Å². The number of amidine groups is 1. The Bertz CT molecular complexity index is 1580. The van der Waals surface area contributed by atoms with Gasteiger partial charge in [-0.15, -0.1) is 11.3 Å². The summed E-state index contributed by atoms with van der Waals surface area (Å²) in [6.45, 7) is 2.01. The zero-order chi connectivity index (χ0) is 31.1. The first kappa shape index (κ1) is 31.5. The van der Waals surface area contributed by atoms with Gasteiger partial charge in [0.25, 0.3) is 0 Å². The van der Waals surface area contributed by atoms with Crippen molar-refractivity contribution < 1.29 is 36.6 Å². The van der Waals surface area contributed by atoms with Gasteiger partial charge in [0, 0.05) is 41.8 Å². The second-order valence-electron chi connectivity index (χ2n) is 11.2. The molecule has 1 aromatic carbocycles. The summed E-state index contributed by atoms with van der Waals surface area (Å²) in [5.74, 6) is -4.09. The van der Waals surface area contributed by atoms with E-state index in [-0.39, 0.29) is 55.8 Å². The van der Waals surface area contributed by atoms with E-state index in [0.29, 0.717) is 29.4 Å². The molecular formula is C28H31ClF2N4O6S2. The SMILES string of the molecule is COC(=O)C1=C(C2CCN(S(=O)(=O)[C@H]3CC[C@@](C)(C(=O)O)CC3)CC2)NC(c2nccs2)=NC1c1ccc(F)c(F)c1Cl. The first-order valence-corrected chi connectivity index (χ1v) is 16.6. The number of sulfonamides is 1. The summed E-state index contributed by atoms with van der Waals surface area (Å²) in [6.07, 6.45) is 3.40. The minimum atomic E-state index is -3.68. The minimum Gasteiger partial charge on any atom is -0.481 e. The van der Waals surface area contributed by atoms with Gasteiger partial charge in [-0.25, -0.2) is 31.3 Å². The molecule has 43 heavy (non-hydrogen) atoms. The number of methoxy groups -OCH3 is 1. The monoisotopic (exact) mass is 656 g/mol. The van der Waals surface area contributed by atoms with Crippen LogP contribution in [0.2, 0.25) is 5.02 Å². The Kier molecular flexibility index (Phi) is 8.94. The molecule has 0 radical (unpaired) electrons. The number of aliphatic carboxylic acids is 1. The van der Waals surface area contributed by atoms with Gasteiger partial charge in [0.15, 0.2) is 22.5 Å². The fourth-order valence-electron chi connectivity index (χ4n) is 6.00. The molecular weight excluding hydrogens is 626 g/mol. The van der Waals surface area contributed by atoms with Crippen molar-refractivity contribution in [2.24, 2.45) is 16.3 Å². The smallest absolute Gasteiger partial charge is 0.338 e. The molecule has 232 valence electrons. The first-order chi connectivity index (χ1) is 20.4. The highest BCUT2D eigenvalue weighted by Gasteiger charge is 2.44. The molecule has 1 atom stereocenters. The number of carboxylic acid groups (broad SMARTS) is 1. The molecule has 15 heteroatoms. The van der Waals surface area contributed by atoms with Crippen molar-refractivity contribution in [2.45, 2.75) is 56.7 Å². The van der Waals surface area contributed by atoms with Gasteiger partial charge in [0.1, 0.15) is 6.04 Å². The standard InChI is InChI=1S/C28H31ClF2N4O6S2/c1-28(27(37)38)9-5-16(6-10-28)43(39,40)35-12-7-15(8-13-35)22-19(26(36)41-2)23(17-3-4-18(30)21(31)20(17)29)34-24(33-22)25-32-11-14-42-25/h3-4,11,14-16,23H,5-10,12-13H2,1-2H3,(H,33,34)(H,37,38)/t16-,23?,28+. The van der Waals surface area contributed by atoms with Crippen LogP contribution in [0.5, 0.6) is 0 Å². The number of aromatic nitrogens is 1. The number of allylic oxidation sites excluding steroid dienone is 1. The molecule has 10 nitrogen and oxygen atoms in total. The molecule has 1 aliphatic carbocycles. The highest BCUT2D eigenvalue weighted by molar-refractivity contribution is 7.89. The lowest BCUT2D eigenvalue weighted by Gasteiger charge is -2.39. The topological polar surface area (TPSA) is 138 Å². The van der Waals surface area contributed by atoms with Gasteiger partial charge in [-0.2, -0.15) is 0 Å². The van der Waals surface area contributed by atoms with E-state index in [4.69, 9.17) is 16.3 Å². The number of aliphatic imine (C=N–C) groups is 1. The zero-order valence-corrected chi connectivity index (χ0v) is 25.9. The number of benzene rings is 1. The van der Waals surface area contributed by atoms with Crippen LogP contribution in [0.15, 0.2) is 40.0 Å². The van der Waals surface area contributed by atoms with Crippen molar-refractivity contribution in [2.75, 3.05) is 20.2 Å². The molecule has 0 amide bonds. The van der Waals surface area contributed by atoms with Gasteiger partial charge in [0.2, 0.25) is 10.0 Å². The van der Waals surface area contributed by atoms with Crippen LogP contribution in [0.1, 0.15) is 62.1 Å². The van der Waals surface area contributed by atoms with Crippen LogP contribution in [0.3, 0.4) is 0 Å². The highest BCUT2D eigenvalue weighted by atomic mass is 35.5. The molecule has 2 aromatic rings. The number of carbonyl (C=O) groups is 2. The predicted molar refractivity (Wildman–Crippen MR) is 156 cm³/mol. The second kappa shape index (κ2) is 12.2. The summed E-state index contributed by atoms with van der Waals surface area (Å²) >= 11 is 7.52. The molecule has 0 bridgehead atoms. The maximum atomic E-state index is 14.6. The van der Waals surface area contributed by atoms with Crippen molar-refractivity contribution >= 4 is 50.7 Å². The number of thiazole rings is 1. The molecule has 3 aliphatic rings. The minimum absolute atomic E-state index is 0.0669. The molecule has 1 saturated carbocycles. The van der Waals surface area contributed by atoms with Crippen LogP contribution < -0.4 is 5.32 Å². The predicted octanol–water partition coefficient (Wildman–Crippen LogP) is 4.67. The van der Waals surface area contributed by atoms with E-state index in [1.54, 1.807) is 18.5 Å². The third-order valence-electron chi connectivity index (χ3n) is 8.67. The van der Waals surface area contributed by atoms with Crippen LogP contribution in [-0.2, 0) is 24.3 Å². The quantitative estimate of drug-likeness (QED) is 0.324. The van der Waals surface area contributed by atoms with Crippen molar-refractivity contribution in [3.05, 3.63) is 62.2 Å². The van der Waals surface area contributed by atoms with E-state index < -0.39 is 55.3 Å². The Hall–Kier alpha value is -2.94. The lowest BCUT2D eigenvalue weighted by atomic mass is 9.76. The summed E-state index contributed by atoms with van der Waals surface area (Å²) in [7, 11) is -2.48. The number of nitrogens with one attached hydrogen (secondary N) is 1. The van der Waals surface area contributed by atoms with Crippen molar-refractivity contribution in [3.63, 3.8) is 0 Å². The number of rotatable bonds is 7. The largest absolute Gasteiger partial charge is 0.481 e. The number of esters is 1. The second-order valence-corrected chi connectivity index (χ2v) is 14.7. The van der Waals surface area contributed by atoms with E-state index in [2.05, 4.69) is 15.3 Å². The maximum absolute atomic E-state index is 14.6. The molecule has 2 fully saturated rings. The van der Waals surface area contributed by atoms with Gasteiger partial charge < -0.3 is 15.2 Å². The molecule has 1 saturated heterocycles. The average Bonchev–Trinajstić information content (AvgIpc) is 3.55. The molecule has 5 rings (SSSR count). The van der Waals surface area contributed by atoms with Crippen molar-refractivity contribution in [1.29, 1.82) is 0 Å². The maximum Gasteiger partial charge on any atom is 0.338 e. The summed E-state index contributed by atoms with van der Waals surface area (Å²) in [5.41, 5.74) is -0.354. The van der Waals surface area contributed by atoms with E-state index >= 15 is 0 Å². The highest BCUT2D eigenvalue weighted by Crippen LogP contribution is 2.42. The lowest BCUT2D eigenvalue weighted by Crippen LogP contribution is -2.47. The molecule has 1 unspecified atom stereocenters. The van der Waals surface area contributed by atoms with E-state index in [1.807, 2.05) is 0 Å². The summed E-state index contributed by atoms with van der Waals surface area (Å²) < 4.78 is 62.1. The third kappa shape index (κ3) is 5.94. The number of ether oxygens (including phenoxy) is 1. The number of carboxylic acids is 1. The Balaban J connectivity index is 1.44. The lowest BCUT2D eigenvalue weighted by molar-refractivity contribution is -0.149. The van der Waals surface area contributed by atoms with E-state index in [9.17, 15) is 31.9 Å². The first-order valence-electron chi connectivity index (χ1n) is 13.8.